The summed E-state index contributed by atoms with van der Waals surface area (Å²) >= 11 is 0. The lowest BCUT2D eigenvalue weighted by atomic mass is 10.1. The Hall–Kier alpha value is -4.72. The van der Waals surface area contributed by atoms with Gasteiger partial charge < -0.3 is 14.6 Å². The number of amides is 2. The molecular weight excluding hydrogens is 444 g/mol. The fourth-order valence-electron chi connectivity index (χ4n) is 4.48. The van der Waals surface area contributed by atoms with E-state index in [0.717, 1.165) is 23.1 Å². The molecule has 0 radical (unpaired) electrons. The molecule has 0 spiro atoms. The number of rotatable bonds is 4. The Morgan fingerprint density at radius 3 is 2.60 bits per heavy atom. The van der Waals surface area contributed by atoms with E-state index in [1.807, 2.05) is 42.5 Å². The Bertz CT molecular complexity index is 1670. The van der Waals surface area contributed by atoms with Gasteiger partial charge in [-0.3, -0.25) is 19.0 Å². The fourth-order valence-corrected chi connectivity index (χ4v) is 4.48. The third-order valence-electron chi connectivity index (χ3n) is 6.21. The lowest BCUT2D eigenvalue weighted by Gasteiger charge is -2.17. The van der Waals surface area contributed by atoms with E-state index in [1.165, 1.54) is 10.9 Å². The molecule has 1 aliphatic rings. The van der Waals surface area contributed by atoms with E-state index >= 15 is 0 Å². The number of aromatic nitrogens is 2. The maximum atomic E-state index is 13.0. The monoisotopic (exact) mass is 464 g/mol. The largest absolute Gasteiger partial charge is 0.448 e. The number of hydrogen-bond donors (Lipinski definition) is 1. The highest BCUT2D eigenvalue weighted by Gasteiger charge is 2.25. The molecule has 0 atom stereocenters. The summed E-state index contributed by atoms with van der Waals surface area (Å²) in [5.41, 5.74) is 3.91. The smallest absolute Gasteiger partial charge is 0.297 e. The van der Waals surface area contributed by atoms with Gasteiger partial charge in [-0.25, -0.2) is 4.98 Å². The van der Waals surface area contributed by atoms with Crippen molar-refractivity contribution in [2.45, 2.75) is 13.0 Å². The molecular formula is C27H20N4O4. The van der Waals surface area contributed by atoms with E-state index in [-0.39, 0.29) is 18.0 Å². The third kappa shape index (κ3) is 3.65. The third-order valence-corrected chi connectivity index (χ3v) is 6.21. The molecule has 1 N–H and O–H groups in total. The summed E-state index contributed by atoms with van der Waals surface area (Å²) < 4.78 is 6.87. The van der Waals surface area contributed by atoms with Gasteiger partial charge in [0.15, 0.2) is 0 Å². The zero-order valence-corrected chi connectivity index (χ0v) is 18.6. The van der Waals surface area contributed by atoms with Crippen LogP contribution in [0.25, 0.3) is 22.1 Å². The first kappa shape index (κ1) is 20.9. The van der Waals surface area contributed by atoms with E-state index in [0.29, 0.717) is 28.9 Å². The van der Waals surface area contributed by atoms with Gasteiger partial charge in [-0.05, 0) is 54.4 Å². The Morgan fingerprint density at radius 2 is 1.74 bits per heavy atom. The molecule has 0 saturated carbocycles. The van der Waals surface area contributed by atoms with Gasteiger partial charge in [-0.2, -0.15) is 0 Å². The average Bonchev–Trinajstić information content (AvgIpc) is 3.48. The summed E-state index contributed by atoms with van der Waals surface area (Å²) in [6.07, 6.45) is 2.19. The summed E-state index contributed by atoms with van der Waals surface area (Å²) in [7, 11) is 0. The second-order valence-electron chi connectivity index (χ2n) is 8.41. The number of para-hydroxylation sites is 2. The normalized spacial score (nSPS) is 12.7. The highest BCUT2D eigenvalue weighted by atomic mass is 16.3. The van der Waals surface area contributed by atoms with E-state index in [1.54, 1.807) is 35.2 Å². The fraction of sp³-hybridized carbons (Fsp3) is 0.111. The maximum Gasteiger partial charge on any atom is 0.297 e. The van der Waals surface area contributed by atoms with Crippen LogP contribution in [0.2, 0.25) is 0 Å². The molecule has 8 heteroatoms. The summed E-state index contributed by atoms with van der Waals surface area (Å²) in [5.74, 6) is -0.471. The number of hydrogen-bond acceptors (Lipinski definition) is 5. The van der Waals surface area contributed by atoms with E-state index in [9.17, 15) is 14.4 Å². The van der Waals surface area contributed by atoms with Crippen molar-refractivity contribution in [2.24, 2.45) is 0 Å². The van der Waals surface area contributed by atoms with Crippen LogP contribution < -0.4 is 15.8 Å². The number of fused-ring (bicyclic) bond motifs is 4. The summed E-state index contributed by atoms with van der Waals surface area (Å²) in [6.45, 7) is 0.430. The van der Waals surface area contributed by atoms with Crippen LogP contribution in [0.3, 0.4) is 0 Å². The topological polar surface area (TPSA) is 97.4 Å². The summed E-state index contributed by atoms with van der Waals surface area (Å²) in [4.78, 5) is 44.5. The van der Waals surface area contributed by atoms with E-state index in [4.69, 9.17) is 4.42 Å². The van der Waals surface area contributed by atoms with Crippen molar-refractivity contribution in [3.63, 3.8) is 0 Å². The Kier molecular flexibility index (Phi) is 4.92. The minimum atomic E-state index is -0.423. The molecule has 1 aliphatic heterocycles. The number of anilines is 2. The standard InChI is InChI=1S/C27H20N4O4/c32-23(15-30-16-28-24-20-6-2-4-8-22(20)35-25(24)27(30)34)29-19-11-9-18(10-12-19)26(33)31-14-13-17-5-1-3-7-21(17)31/h1-12,16H,13-15H2,(H,29,32). The zero-order valence-electron chi connectivity index (χ0n) is 18.6. The minimum absolute atomic E-state index is 0.0791. The van der Waals surface area contributed by atoms with Gasteiger partial charge >= 0.3 is 0 Å². The Balaban J connectivity index is 1.16. The maximum absolute atomic E-state index is 13.0. The first-order chi connectivity index (χ1) is 17.1. The molecule has 0 saturated heterocycles. The lowest BCUT2D eigenvalue weighted by Crippen LogP contribution is -2.29. The Labute approximate surface area is 199 Å². The molecule has 0 bridgehead atoms. The molecule has 5 aromatic rings. The quantitative estimate of drug-likeness (QED) is 0.434. The van der Waals surface area contributed by atoms with E-state index < -0.39 is 11.5 Å². The zero-order chi connectivity index (χ0) is 23.9. The number of carbonyl (C=O) groups is 2. The number of nitrogens with zero attached hydrogens (tertiary/aromatic N) is 3. The van der Waals surface area contributed by atoms with Gasteiger partial charge in [-0.15, -0.1) is 0 Å². The van der Waals surface area contributed by atoms with Gasteiger partial charge in [0, 0.05) is 28.9 Å². The number of carbonyl (C=O) groups excluding carboxylic acids is 2. The van der Waals surface area contributed by atoms with Gasteiger partial charge in [0.25, 0.3) is 11.5 Å². The van der Waals surface area contributed by atoms with Crippen LogP contribution in [0.15, 0.2) is 88.3 Å². The number of nitrogens with one attached hydrogen (secondary N) is 1. The van der Waals surface area contributed by atoms with Crippen molar-refractivity contribution in [3.05, 3.63) is 101 Å². The second kappa shape index (κ2) is 8.25. The van der Waals surface area contributed by atoms with Crippen molar-refractivity contribution in [1.29, 1.82) is 0 Å². The molecule has 0 aliphatic carbocycles. The second-order valence-corrected chi connectivity index (χ2v) is 8.41. The predicted octanol–water partition coefficient (Wildman–Crippen LogP) is 3.98. The van der Waals surface area contributed by atoms with Crippen LogP contribution in [0.1, 0.15) is 15.9 Å². The molecule has 0 fully saturated rings. The van der Waals surface area contributed by atoms with Crippen molar-refractivity contribution in [2.75, 3.05) is 16.8 Å². The van der Waals surface area contributed by atoms with Crippen molar-refractivity contribution in [3.8, 4) is 0 Å². The molecule has 0 unspecified atom stereocenters. The van der Waals surface area contributed by atoms with Crippen LogP contribution in [-0.4, -0.2) is 27.9 Å². The predicted molar refractivity (Wildman–Crippen MR) is 133 cm³/mol. The average molecular weight is 464 g/mol. The Morgan fingerprint density at radius 1 is 0.971 bits per heavy atom. The van der Waals surface area contributed by atoms with Gasteiger partial charge in [-0.1, -0.05) is 30.3 Å². The SMILES string of the molecule is O=C(Cn1cnc2c(oc3ccccc32)c1=O)Nc1ccc(C(=O)N2CCc3ccccc32)cc1. The van der Waals surface area contributed by atoms with Crippen LogP contribution in [0, 0.1) is 0 Å². The molecule has 3 heterocycles. The summed E-state index contributed by atoms with van der Waals surface area (Å²) in [5, 5.41) is 3.51. The molecule has 6 rings (SSSR count). The van der Waals surface area contributed by atoms with Gasteiger partial charge in [0.2, 0.25) is 11.5 Å². The van der Waals surface area contributed by atoms with Crippen LogP contribution in [-0.2, 0) is 17.8 Å². The van der Waals surface area contributed by atoms with Gasteiger partial charge in [0.05, 0.1) is 6.33 Å². The molecule has 35 heavy (non-hydrogen) atoms. The van der Waals surface area contributed by atoms with Crippen LogP contribution >= 0.6 is 0 Å². The van der Waals surface area contributed by atoms with Crippen molar-refractivity contribution >= 4 is 45.3 Å². The lowest BCUT2D eigenvalue weighted by molar-refractivity contribution is -0.116. The number of benzene rings is 3. The highest BCUT2D eigenvalue weighted by Crippen LogP contribution is 2.29. The summed E-state index contributed by atoms with van der Waals surface area (Å²) in [6, 6.07) is 21.9. The van der Waals surface area contributed by atoms with Crippen molar-refractivity contribution in [1.82, 2.24) is 9.55 Å². The van der Waals surface area contributed by atoms with Gasteiger partial charge in [0.1, 0.15) is 17.6 Å². The van der Waals surface area contributed by atoms with E-state index in [2.05, 4.69) is 10.3 Å². The molecule has 2 aromatic heterocycles. The number of furan rings is 1. The van der Waals surface area contributed by atoms with Crippen LogP contribution in [0.4, 0.5) is 11.4 Å². The highest BCUT2D eigenvalue weighted by molar-refractivity contribution is 6.07. The minimum Gasteiger partial charge on any atom is -0.448 e. The molecule has 172 valence electrons. The molecule has 8 nitrogen and oxygen atoms in total. The van der Waals surface area contributed by atoms with Crippen LogP contribution in [0.5, 0.6) is 0 Å². The molecule has 3 aromatic carbocycles. The first-order valence-corrected chi connectivity index (χ1v) is 11.2. The van der Waals surface area contributed by atoms with Crippen molar-refractivity contribution < 1.29 is 14.0 Å². The first-order valence-electron chi connectivity index (χ1n) is 11.2. The molecule has 2 amide bonds.